The van der Waals surface area contributed by atoms with E-state index in [9.17, 15) is 14.4 Å². The number of nitrogens with zero attached hydrogens (tertiary/aromatic N) is 3. The molecule has 1 aliphatic rings. The smallest absolute Gasteiger partial charge is 0.343 e. The third-order valence-electron chi connectivity index (χ3n) is 7.40. The molecule has 0 N–H and O–H groups in total. The summed E-state index contributed by atoms with van der Waals surface area (Å²) in [5.74, 6) is -0.413. The van der Waals surface area contributed by atoms with Crippen LogP contribution in [-0.2, 0) is 26.1 Å². The highest BCUT2D eigenvalue weighted by Gasteiger charge is 2.34. The summed E-state index contributed by atoms with van der Waals surface area (Å²) in [6, 6.07) is 12.3. The summed E-state index contributed by atoms with van der Waals surface area (Å²) in [5.41, 5.74) is 4.08. The van der Waals surface area contributed by atoms with Gasteiger partial charge in [0.15, 0.2) is 22.9 Å². The molecule has 1 atom stereocenters. The van der Waals surface area contributed by atoms with Gasteiger partial charge in [-0.15, -0.1) is 0 Å². The lowest BCUT2D eigenvalue weighted by atomic mass is 9.95. The van der Waals surface area contributed by atoms with Gasteiger partial charge in [-0.1, -0.05) is 35.6 Å². The first kappa shape index (κ1) is 29.8. The predicted molar refractivity (Wildman–Crippen MR) is 163 cm³/mol. The number of para-hydroxylation sites is 1. The number of hydrogen-bond donors (Lipinski definition) is 0. The van der Waals surface area contributed by atoms with E-state index in [1.54, 1.807) is 32.0 Å². The van der Waals surface area contributed by atoms with Crippen LogP contribution in [0, 0.1) is 6.92 Å². The molecule has 4 aromatic rings. The summed E-state index contributed by atoms with van der Waals surface area (Å²) in [5, 5.41) is 1.04. The maximum Gasteiger partial charge on any atom is 0.343 e. The summed E-state index contributed by atoms with van der Waals surface area (Å²) in [6.07, 6.45) is 1.90. The van der Waals surface area contributed by atoms with Crippen molar-refractivity contribution in [1.29, 1.82) is 0 Å². The normalized spacial score (nSPS) is 14.8. The lowest BCUT2D eigenvalue weighted by Crippen LogP contribution is -2.40. The maximum atomic E-state index is 14.2. The van der Waals surface area contributed by atoms with E-state index in [-0.39, 0.29) is 24.3 Å². The van der Waals surface area contributed by atoms with Gasteiger partial charge < -0.3 is 23.5 Å². The molecule has 2 aromatic heterocycles. The first-order valence-electron chi connectivity index (χ1n) is 13.9. The van der Waals surface area contributed by atoms with E-state index < -0.39 is 18.0 Å². The van der Waals surface area contributed by atoms with E-state index in [2.05, 4.69) is 14.3 Å². The Morgan fingerprint density at radius 3 is 2.53 bits per heavy atom. The average Bonchev–Trinajstić information content (AvgIpc) is 3.43. The van der Waals surface area contributed by atoms with Crippen molar-refractivity contribution in [2.75, 3.05) is 26.9 Å². The number of benzene rings is 2. The Hall–Kier alpha value is -4.64. The van der Waals surface area contributed by atoms with E-state index in [4.69, 9.17) is 14.2 Å². The zero-order chi connectivity index (χ0) is 30.8. The Morgan fingerprint density at radius 2 is 1.81 bits per heavy atom. The molecule has 1 aliphatic heterocycles. The van der Waals surface area contributed by atoms with Crippen LogP contribution in [0.3, 0.4) is 0 Å². The van der Waals surface area contributed by atoms with E-state index >= 15 is 0 Å². The maximum absolute atomic E-state index is 14.2. The molecule has 0 amide bonds. The molecule has 43 heavy (non-hydrogen) atoms. The number of ether oxygens (including phenoxy) is 4. The summed E-state index contributed by atoms with van der Waals surface area (Å²) < 4.78 is 25.7. The Balaban J connectivity index is 1.71. The van der Waals surface area contributed by atoms with Crippen molar-refractivity contribution in [2.24, 2.45) is 12.0 Å². The highest BCUT2D eigenvalue weighted by molar-refractivity contribution is 7.07. The zero-order valence-corrected chi connectivity index (χ0v) is 25.7. The molecule has 0 fully saturated rings. The van der Waals surface area contributed by atoms with Gasteiger partial charge in [0.1, 0.15) is 0 Å². The van der Waals surface area contributed by atoms with Crippen LogP contribution < -0.4 is 24.4 Å². The summed E-state index contributed by atoms with van der Waals surface area (Å²) in [7, 11) is 3.28. The van der Waals surface area contributed by atoms with Gasteiger partial charge in [0.2, 0.25) is 0 Å². The van der Waals surface area contributed by atoms with Crippen LogP contribution in [0.2, 0.25) is 0 Å². The molecule has 0 spiro atoms. The van der Waals surface area contributed by atoms with Gasteiger partial charge in [-0.25, -0.2) is 14.6 Å². The van der Waals surface area contributed by atoms with Crippen LogP contribution in [-0.4, -0.2) is 48.0 Å². The molecule has 0 saturated carbocycles. The van der Waals surface area contributed by atoms with Gasteiger partial charge in [-0.3, -0.25) is 9.36 Å². The van der Waals surface area contributed by atoms with Crippen LogP contribution in [0.5, 0.6) is 11.5 Å². The fourth-order valence-electron chi connectivity index (χ4n) is 5.25. The molecule has 0 bridgehead atoms. The number of fused-ring (bicyclic) bond motifs is 2. The molecule has 0 saturated heterocycles. The highest BCUT2D eigenvalue weighted by atomic mass is 32.1. The highest BCUT2D eigenvalue weighted by Crippen LogP contribution is 2.36. The predicted octanol–water partition coefficient (Wildman–Crippen LogP) is 3.55. The molecule has 0 unspecified atom stereocenters. The molecule has 11 heteroatoms. The quantitative estimate of drug-likeness (QED) is 0.269. The number of rotatable bonds is 9. The zero-order valence-electron chi connectivity index (χ0n) is 24.9. The Kier molecular flexibility index (Phi) is 8.54. The van der Waals surface area contributed by atoms with Crippen molar-refractivity contribution in [1.82, 2.24) is 9.13 Å². The van der Waals surface area contributed by atoms with Crippen molar-refractivity contribution in [2.45, 2.75) is 33.7 Å². The van der Waals surface area contributed by atoms with E-state index in [1.165, 1.54) is 23.0 Å². The Labute approximate surface area is 252 Å². The number of allylic oxidation sites excluding steroid dienone is 1. The summed E-state index contributed by atoms with van der Waals surface area (Å²) >= 11 is 1.27. The van der Waals surface area contributed by atoms with Gasteiger partial charge in [-0.2, -0.15) is 0 Å². The average molecular weight is 604 g/mol. The number of thiazole rings is 1. The second kappa shape index (κ2) is 12.3. The van der Waals surface area contributed by atoms with Crippen LogP contribution in [0.1, 0.15) is 43.6 Å². The fourth-order valence-corrected chi connectivity index (χ4v) is 6.28. The van der Waals surface area contributed by atoms with Crippen LogP contribution in [0.25, 0.3) is 17.0 Å². The van der Waals surface area contributed by atoms with E-state index in [0.717, 1.165) is 22.2 Å². The topological polar surface area (TPSA) is 110 Å². The fraction of sp³-hybridized carbons (Fsp3) is 0.312. The number of carbonyl (C=O) groups is 2. The lowest BCUT2D eigenvalue weighted by molar-refractivity contribution is -0.143. The van der Waals surface area contributed by atoms with Crippen molar-refractivity contribution >= 4 is 40.3 Å². The van der Waals surface area contributed by atoms with Gasteiger partial charge in [0.25, 0.3) is 5.56 Å². The molecule has 5 rings (SSSR count). The van der Waals surface area contributed by atoms with E-state index in [0.29, 0.717) is 38.7 Å². The molecule has 3 heterocycles. The number of hydrogen-bond acceptors (Lipinski definition) is 9. The van der Waals surface area contributed by atoms with Gasteiger partial charge in [0.05, 0.1) is 42.2 Å². The minimum atomic E-state index is -0.833. The minimum absolute atomic E-state index is 0.164. The van der Waals surface area contributed by atoms with Crippen molar-refractivity contribution < 1.29 is 28.5 Å². The van der Waals surface area contributed by atoms with Gasteiger partial charge >= 0.3 is 11.9 Å². The Morgan fingerprint density at radius 1 is 1.05 bits per heavy atom. The third-order valence-corrected chi connectivity index (χ3v) is 8.38. The first-order valence-corrected chi connectivity index (χ1v) is 14.7. The SMILES string of the molecule is CCOC(=O)C1=C(C)N=c2s/c(=C\c3c(C)n(C)c4ccccc34)c(=O)n2[C@@H]1c1ccc(OCC(=O)OC)c(OCC)c1. The van der Waals surface area contributed by atoms with Crippen molar-refractivity contribution in [3.63, 3.8) is 0 Å². The minimum Gasteiger partial charge on any atom is -0.490 e. The number of aryl methyl sites for hydroxylation is 1. The monoisotopic (exact) mass is 603 g/mol. The third kappa shape index (κ3) is 5.48. The molecule has 10 nitrogen and oxygen atoms in total. The summed E-state index contributed by atoms with van der Waals surface area (Å²) in [6.45, 7) is 7.50. The van der Waals surface area contributed by atoms with Crippen molar-refractivity contribution in [3.8, 4) is 11.5 Å². The van der Waals surface area contributed by atoms with E-state index in [1.807, 2.05) is 51.2 Å². The molecule has 2 aromatic carbocycles. The molecule has 0 radical (unpaired) electrons. The molecular formula is C32H33N3O7S. The first-order chi connectivity index (χ1) is 20.7. The Bertz CT molecular complexity index is 1950. The van der Waals surface area contributed by atoms with Gasteiger partial charge in [0, 0.05) is 29.2 Å². The molecule has 0 aliphatic carbocycles. The van der Waals surface area contributed by atoms with Crippen LogP contribution >= 0.6 is 11.3 Å². The number of carbonyl (C=O) groups excluding carboxylic acids is 2. The largest absolute Gasteiger partial charge is 0.490 e. The molecular weight excluding hydrogens is 570 g/mol. The van der Waals surface area contributed by atoms with Crippen LogP contribution in [0.4, 0.5) is 0 Å². The number of methoxy groups -OCH3 is 1. The standard InChI is InChI=1S/C32H33N3O7S/c1-7-40-25-15-20(13-14-24(25)42-17-27(36)39-6)29-28(31(38)41-8-2)18(3)33-32-35(29)30(37)26(43-32)16-22-19(4)34(5)23-12-10-9-11-21(22)23/h9-16,29H,7-8,17H2,1-6H3/b26-16-/t29-/m1/s1. The van der Waals surface area contributed by atoms with Crippen LogP contribution in [0.15, 0.2) is 63.5 Å². The second-order valence-corrected chi connectivity index (χ2v) is 10.9. The lowest BCUT2D eigenvalue weighted by Gasteiger charge is -2.25. The molecule has 224 valence electrons. The number of esters is 2. The van der Waals surface area contributed by atoms with Crippen molar-refractivity contribution in [3.05, 3.63) is 90.2 Å². The summed E-state index contributed by atoms with van der Waals surface area (Å²) in [4.78, 5) is 44.3. The number of aromatic nitrogens is 2. The van der Waals surface area contributed by atoms with Gasteiger partial charge in [-0.05, 0) is 57.5 Å². The second-order valence-electron chi connectivity index (χ2n) is 9.88.